The zero-order valence-corrected chi connectivity index (χ0v) is 13.8. The normalized spacial score (nSPS) is 18.8. The molecule has 5 nitrogen and oxygen atoms in total. The molecule has 0 radical (unpaired) electrons. The van der Waals surface area contributed by atoms with E-state index in [1.807, 2.05) is 6.92 Å². The standard InChI is InChI=1S/C17H23FN2O3/c1-12-10-14(4-5-15(12)18)17(22)20-9-8-19(11-13(20)2)7-6-16(21)23-3/h4-5,10,13H,6-9,11H2,1-3H3/t13-/m1/s1. The van der Waals surface area contributed by atoms with Crippen LogP contribution in [0.1, 0.15) is 29.3 Å². The molecular formula is C17H23FN2O3. The Morgan fingerprint density at radius 1 is 1.35 bits per heavy atom. The third-order valence-electron chi connectivity index (χ3n) is 4.24. The number of aryl methyl sites for hydroxylation is 1. The van der Waals surface area contributed by atoms with Crippen molar-refractivity contribution in [3.63, 3.8) is 0 Å². The Morgan fingerprint density at radius 3 is 2.70 bits per heavy atom. The van der Waals surface area contributed by atoms with Gasteiger partial charge in [-0.05, 0) is 37.6 Å². The van der Waals surface area contributed by atoms with Crippen LogP contribution in [0.25, 0.3) is 0 Å². The molecule has 1 heterocycles. The summed E-state index contributed by atoms with van der Waals surface area (Å²) in [4.78, 5) is 27.8. The van der Waals surface area contributed by atoms with Crippen molar-refractivity contribution in [1.29, 1.82) is 0 Å². The number of hydrogen-bond donors (Lipinski definition) is 0. The molecular weight excluding hydrogens is 299 g/mol. The number of nitrogens with zero attached hydrogens (tertiary/aromatic N) is 2. The molecule has 1 aromatic carbocycles. The summed E-state index contributed by atoms with van der Waals surface area (Å²) >= 11 is 0. The molecule has 0 aliphatic carbocycles. The molecule has 1 saturated heterocycles. The Kier molecular flexibility index (Phi) is 5.71. The lowest BCUT2D eigenvalue weighted by atomic mass is 10.1. The first kappa shape index (κ1) is 17.4. The second-order valence-electron chi connectivity index (χ2n) is 5.94. The monoisotopic (exact) mass is 322 g/mol. The van der Waals surface area contributed by atoms with Crippen molar-refractivity contribution in [2.75, 3.05) is 33.3 Å². The number of methoxy groups -OCH3 is 1. The number of carbonyl (C=O) groups excluding carboxylic acids is 2. The van der Waals surface area contributed by atoms with E-state index in [4.69, 9.17) is 0 Å². The van der Waals surface area contributed by atoms with Crippen LogP contribution in [-0.4, -0.2) is 61.0 Å². The van der Waals surface area contributed by atoms with E-state index >= 15 is 0 Å². The molecule has 0 bridgehead atoms. The van der Waals surface area contributed by atoms with Crippen LogP contribution in [0.5, 0.6) is 0 Å². The first-order valence-corrected chi connectivity index (χ1v) is 7.78. The first-order chi connectivity index (χ1) is 10.9. The number of piperazine rings is 1. The fraction of sp³-hybridized carbons (Fsp3) is 0.529. The topological polar surface area (TPSA) is 49.9 Å². The third kappa shape index (κ3) is 4.28. The van der Waals surface area contributed by atoms with Gasteiger partial charge in [-0.3, -0.25) is 14.5 Å². The molecule has 23 heavy (non-hydrogen) atoms. The number of benzene rings is 1. The molecule has 1 atom stereocenters. The summed E-state index contributed by atoms with van der Waals surface area (Å²) in [5.41, 5.74) is 0.985. The molecule has 1 fully saturated rings. The minimum absolute atomic E-state index is 0.0410. The lowest BCUT2D eigenvalue weighted by molar-refractivity contribution is -0.141. The quantitative estimate of drug-likeness (QED) is 0.794. The van der Waals surface area contributed by atoms with E-state index in [1.165, 1.54) is 19.2 Å². The molecule has 1 amide bonds. The van der Waals surface area contributed by atoms with Crippen LogP contribution in [0.4, 0.5) is 4.39 Å². The van der Waals surface area contributed by atoms with Gasteiger partial charge in [0, 0.05) is 37.8 Å². The van der Waals surface area contributed by atoms with Gasteiger partial charge in [0.25, 0.3) is 5.91 Å². The fourth-order valence-electron chi connectivity index (χ4n) is 2.83. The molecule has 0 unspecified atom stereocenters. The summed E-state index contributed by atoms with van der Waals surface area (Å²) in [6.07, 6.45) is 0.355. The van der Waals surface area contributed by atoms with Crippen LogP contribution in [0.2, 0.25) is 0 Å². The summed E-state index contributed by atoms with van der Waals surface area (Å²) in [5, 5.41) is 0. The highest BCUT2D eigenvalue weighted by Crippen LogP contribution is 2.16. The predicted molar refractivity (Wildman–Crippen MR) is 84.7 cm³/mol. The summed E-state index contributed by atoms with van der Waals surface area (Å²) in [7, 11) is 1.38. The van der Waals surface area contributed by atoms with Crippen molar-refractivity contribution in [2.45, 2.75) is 26.3 Å². The van der Waals surface area contributed by atoms with Gasteiger partial charge in [0.15, 0.2) is 0 Å². The second-order valence-corrected chi connectivity index (χ2v) is 5.94. The van der Waals surface area contributed by atoms with Gasteiger partial charge in [-0.25, -0.2) is 4.39 Å². The molecule has 0 spiro atoms. The minimum atomic E-state index is -0.303. The summed E-state index contributed by atoms with van der Waals surface area (Å²) in [5.74, 6) is -0.603. The lowest BCUT2D eigenvalue weighted by Crippen LogP contribution is -2.54. The van der Waals surface area contributed by atoms with Gasteiger partial charge >= 0.3 is 5.97 Å². The van der Waals surface area contributed by atoms with E-state index in [-0.39, 0.29) is 23.7 Å². The number of carbonyl (C=O) groups is 2. The minimum Gasteiger partial charge on any atom is -0.469 e. The summed E-state index contributed by atoms with van der Waals surface area (Å²) in [6.45, 7) is 6.29. The number of hydrogen-bond acceptors (Lipinski definition) is 4. The molecule has 1 aromatic rings. The maximum absolute atomic E-state index is 13.3. The second kappa shape index (κ2) is 7.55. The number of ether oxygens (including phenoxy) is 1. The van der Waals surface area contributed by atoms with E-state index in [2.05, 4.69) is 9.64 Å². The Labute approximate surface area is 136 Å². The van der Waals surface area contributed by atoms with Crippen molar-refractivity contribution >= 4 is 11.9 Å². The predicted octanol–water partition coefficient (Wildman–Crippen LogP) is 1.84. The molecule has 1 aliphatic rings. The van der Waals surface area contributed by atoms with Crippen molar-refractivity contribution in [1.82, 2.24) is 9.80 Å². The van der Waals surface area contributed by atoms with Crippen LogP contribution in [0.3, 0.4) is 0 Å². The van der Waals surface area contributed by atoms with E-state index in [9.17, 15) is 14.0 Å². The zero-order valence-electron chi connectivity index (χ0n) is 13.8. The van der Waals surface area contributed by atoms with Crippen molar-refractivity contribution in [3.8, 4) is 0 Å². The average Bonchev–Trinajstić information content (AvgIpc) is 2.54. The van der Waals surface area contributed by atoms with Gasteiger partial charge in [0.05, 0.1) is 13.5 Å². The Bertz CT molecular complexity index is 591. The van der Waals surface area contributed by atoms with Gasteiger partial charge < -0.3 is 9.64 Å². The molecule has 2 rings (SSSR count). The summed E-state index contributed by atoms with van der Waals surface area (Å²) in [6, 6.07) is 4.49. The molecule has 0 saturated carbocycles. The number of esters is 1. The van der Waals surface area contributed by atoms with Gasteiger partial charge in [0.2, 0.25) is 0 Å². The fourth-order valence-corrected chi connectivity index (χ4v) is 2.83. The van der Waals surface area contributed by atoms with Gasteiger partial charge in [-0.15, -0.1) is 0 Å². The van der Waals surface area contributed by atoms with E-state index in [0.717, 1.165) is 0 Å². The summed E-state index contributed by atoms with van der Waals surface area (Å²) < 4.78 is 18.0. The number of rotatable bonds is 4. The van der Waals surface area contributed by atoms with Crippen LogP contribution < -0.4 is 0 Å². The first-order valence-electron chi connectivity index (χ1n) is 7.78. The van der Waals surface area contributed by atoms with Crippen LogP contribution >= 0.6 is 0 Å². The Balaban J connectivity index is 1.96. The smallest absolute Gasteiger partial charge is 0.306 e. The van der Waals surface area contributed by atoms with Crippen molar-refractivity contribution in [2.24, 2.45) is 0 Å². The number of amides is 1. The Hall–Kier alpha value is -1.95. The molecule has 0 aromatic heterocycles. The highest BCUT2D eigenvalue weighted by atomic mass is 19.1. The maximum atomic E-state index is 13.3. The van der Waals surface area contributed by atoms with Crippen molar-refractivity contribution in [3.05, 3.63) is 35.1 Å². The van der Waals surface area contributed by atoms with Gasteiger partial charge in [-0.1, -0.05) is 0 Å². The molecule has 1 aliphatic heterocycles. The average molecular weight is 322 g/mol. The van der Waals surface area contributed by atoms with Crippen LogP contribution in [-0.2, 0) is 9.53 Å². The van der Waals surface area contributed by atoms with Crippen LogP contribution in [0, 0.1) is 12.7 Å². The molecule has 6 heteroatoms. The van der Waals surface area contributed by atoms with Gasteiger partial charge in [-0.2, -0.15) is 0 Å². The van der Waals surface area contributed by atoms with E-state index in [1.54, 1.807) is 17.9 Å². The molecule has 0 N–H and O–H groups in total. The SMILES string of the molecule is COC(=O)CCN1CCN(C(=O)c2ccc(F)c(C)c2)[C@H](C)C1. The zero-order chi connectivity index (χ0) is 17.0. The largest absolute Gasteiger partial charge is 0.469 e. The maximum Gasteiger partial charge on any atom is 0.306 e. The highest BCUT2D eigenvalue weighted by molar-refractivity contribution is 5.94. The highest BCUT2D eigenvalue weighted by Gasteiger charge is 2.28. The molecule has 126 valence electrons. The van der Waals surface area contributed by atoms with Crippen LogP contribution in [0.15, 0.2) is 18.2 Å². The van der Waals surface area contributed by atoms with Crippen molar-refractivity contribution < 1.29 is 18.7 Å². The van der Waals surface area contributed by atoms with E-state index < -0.39 is 0 Å². The number of halogens is 1. The lowest BCUT2D eigenvalue weighted by Gasteiger charge is -2.39. The third-order valence-corrected chi connectivity index (χ3v) is 4.24. The van der Waals surface area contributed by atoms with E-state index in [0.29, 0.717) is 43.7 Å². The van der Waals surface area contributed by atoms with Gasteiger partial charge in [0.1, 0.15) is 5.82 Å². The Morgan fingerprint density at radius 2 is 2.09 bits per heavy atom.